The van der Waals surface area contributed by atoms with Crippen LogP contribution in [0.1, 0.15) is 27.9 Å². The molecule has 0 aliphatic heterocycles. The van der Waals surface area contributed by atoms with Gasteiger partial charge in [-0.1, -0.05) is 18.2 Å². The quantitative estimate of drug-likeness (QED) is 0.522. The van der Waals surface area contributed by atoms with Gasteiger partial charge in [0.05, 0.1) is 4.92 Å². The number of non-ortho nitro benzene ring substituents is 1. The number of fused-ring (bicyclic) bond motifs is 1. The molecule has 1 N–H and O–H groups in total. The summed E-state index contributed by atoms with van der Waals surface area (Å²) in [5, 5.41) is 20.1. The number of nitro groups is 1. The summed E-state index contributed by atoms with van der Waals surface area (Å²) in [5.74, 6) is -0.00360. The van der Waals surface area contributed by atoms with Crippen LogP contribution in [0.4, 0.5) is 5.69 Å². The number of carbonyl (C=O) groups excluding carboxylic acids is 1. The largest absolute Gasteiger partial charge is 0.508 e. The molecule has 1 aliphatic carbocycles. The zero-order valence-electron chi connectivity index (χ0n) is 11.7. The highest BCUT2D eigenvalue weighted by Gasteiger charge is 2.24. The molecule has 0 radical (unpaired) electrons. The minimum atomic E-state index is -0.495. The molecule has 5 heteroatoms. The number of ketones is 1. The molecule has 0 aromatic heterocycles. The first-order valence-electron chi connectivity index (χ1n) is 6.86. The van der Waals surface area contributed by atoms with Crippen molar-refractivity contribution in [1.82, 2.24) is 0 Å². The second-order valence-corrected chi connectivity index (χ2v) is 5.19. The number of benzene rings is 2. The Morgan fingerprint density at radius 1 is 1.09 bits per heavy atom. The predicted molar refractivity (Wildman–Crippen MR) is 81.8 cm³/mol. The van der Waals surface area contributed by atoms with Crippen molar-refractivity contribution in [2.45, 2.75) is 12.8 Å². The van der Waals surface area contributed by atoms with Crippen molar-refractivity contribution < 1.29 is 14.8 Å². The molecule has 0 amide bonds. The van der Waals surface area contributed by atoms with Gasteiger partial charge in [0.1, 0.15) is 5.75 Å². The lowest BCUT2D eigenvalue weighted by molar-refractivity contribution is -0.384. The van der Waals surface area contributed by atoms with Crippen LogP contribution in [0.2, 0.25) is 0 Å². The van der Waals surface area contributed by atoms with Crippen LogP contribution in [0.3, 0.4) is 0 Å². The Kier molecular flexibility index (Phi) is 3.47. The van der Waals surface area contributed by atoms with Crippen LogP contribution in [0.15, 0.2) is 48.0 Å². The zero-order chi connectivity index (χ0) is 15.7. The first kappa shape index (κ1) is 14.0. The third-order valence-corrected chi connectivity index (χ3v) is 3.74. The first-order valence-corrected chi connectivity index (χ1v) is 6.86. The Balaban J connectivity index is 1.98. The summed E-state index contributed by atoms with van der Waals surface area (Å²) in [6.07, 6.45) is 3.05. The number of aryl methyl sites for hydroxylation is 1. The van der Waals surface area contributed by atoms with Crippen molar-refractivity contribution in [1.29, 1.82) is 0 Å². The van der Waals surface area contributed by atoms with Gasteiger partial charge in [-0.2, -0.15) is 0 Å². The number of aromatic hydroxyl groups is 1. The highest BCUT2D eigenvalue weighted by Crippen LogP contribution is 2.29. The van der Waals surface area contributed by atoms with Crippen molar-refractivity contribution in [3.05, 3.63) is 74.8 Å². The Morgan fingerprint density at radius 3 is 2.50 bits per heavy atom. The molecule has 1 aliphatic rings. The van der Waals surface area contributed by atoms with Gasteiger partial charge in [-0.3, -0.25) is 14.9 Å². The highest BCUT2D eigenvalue weighted by molar-refractivity contribution is 6.13. The third-order valence-electron chi connectivity index (χ3n) is 3.74. The van der Waals surface area contributed by atoms with Crippen LogP contribution in [0, 0.1) is 10.1 Å². The summed E-state index contributed by atoms with van der Waals surface area (Å²) in [7, 11) is 0. The van der Waals surface area contributed by atoms with Gasteiger partial charge in [-0.25, -0.2) is 0 Å². The summed E-state index contributed by atoms with van der Waals surface area (Å²) in [6, 6.07) is 11.0. The van der Waals surface area contributed by atoms with Crippen molar-refractivity contribution in [3.63, 3.8) is 0 Å². The molecule has 0 saturated carbocycles. The third kappa shape index (κ3) is 2.61. The van der Waals surface area contributed by atoms with Crippen molar-refractivity contribution in [2.24, 2.45) is 0 Å². The molecular weight excluding hydrogens is 282 g/mol. The van der Waals surface area contributed by atoms with Gasteiger partial charge in [0.15, 0.2) is 5.78 Å². The van der Waals surface area contributed by atoms with Gasteiger partial charge in [0, 0.05) is 23.3 Å². The maximum absolute atomic E-state index is 12.5. The molecule has 110 valence electrons. The number of rotatable bonds is 2. The molecule has 5 nitrogen and oxygen atoms in total. The van der Waals surface area contributed by atoms with Crippen LogP contribution >= 0.6 is 0 Å². The number of hydrogen-bond donors (Lipinski definition) is 1. The van der Waals surface area contributed by atoms with Gasteiger partial charge in [-0.05, 0) is 42.2 Å². The van der Waals surface area contributed by atoms with Crippen molar-refractivity contribution in [3.8, 4) is 5.75 Å². The molecule has 2 aromatic rings. The second kappa shape index (κ2) is 5.44. The van der Waals surface area contributed by atoms with E-state index in [0.717, 1.165) is 11.1 Å². The molecule has 0 heterocycles. The van der Waals surface area contributed by atoms with Crippen LogP contribution in [-0.4, -0.2) is 15.8 Å². The number of carbonyl (C=O) groups is 1. The number of allylic oxidation sites excluding steroid dienone is 1. The Labute approximate surface area is 126 Å². The van der Waals surface area contributed by atoms with E-state index in [1.807, 2.05) is 0 Å². The summed E-state index contributed by atoms with van der Waals surface area (Å²) >= 11 is 0. The number of hydrogen-bond acceptors (Lipinski definition) is 4. The molecular formula is C17H13NO4. The van der Waals surface area contributed by atoms with Gasteiger partial charge in [0.25, 0.3) is 5.69 Å². The first-order chi connectivity index (χ1) is 10.5. The maximum Gasteiger partial charge on any atom is 0.270 e. The number of phenolic OH excluding ortho intramolecular Hbond substituents is 1. The van der Waals surface area contributed by atoms with Crippen LogP contribution in [0.5, 0.6) is 5.75 Å². The lowest BCUT2D eigenvalue weighted by atomic mass is 9.86. The molecule has 22 heavy (non-hydrogen) atoms. The SMILES string of the molecule is O=C1/C(=C/c2ccc(O)cc2)CCc2ccc([N+](=O)[O-])cc21. The smallest absolute Gasteiger partial charge is 0.270 e. The minimum Gasteiger partial charge on any atom is -0.508 e. The summed E-state index contributed by atoms with van der Waals surface area (Å²) < 4.78 is 0. The molecule has 0 saturated heterocycles. The van der Waals surface area contributed by atoms with Crippen LogP contribution in [-0.2, 0) is 6.42 Å². The fraction of sp³-hybridized carbons (Fsp3) is 0.118. The highest BCUT2D eigenvalue weighted by atomic mass is 16.6. The van der Waals surface area contributed by atoms with E-state index in [0.29, 0.717) is 24.0 Å². The number of nitrogens with zero attached hydrogens (tertiary/aromatic N) is 1. The molecule has 0 spiro atoms. The average Bonchev–Trinajstić information content (AvgIpc) is 2.52. The van der Waals surface area contributed by atoms with E-state index in [1.54, 1.807) is 36.4 Å². The topological polar surface area (TPSA) is 80.4 Å². The standard InChI is InChI=1S/C17H13NO4/c19-15-7-1-11(2-8-15)9-13-4-3-12-5-6-14(18(21)22)10-16(12)17(13)20/h1-2,5-10,19H,3-4H2/b13-9+. The molecule has 0 bridgehead atoms. The fourth-order valence-electron chi connectivity index (χ4n) is 2.57. The van der Waals surface area contributed by atoms with E-state index in [1.165, 1.54) is 12.1 Å². The van der Waals surface area contributed by atoms with E-state index in [9.17, 15) is 20.0 Å². The molecule has 3 rings (SSSR count). The lowest BCUT2D eigenvalue weighted by Gasteiger charge is -2.17. The zero-order valence-corrected chi connectivity index (χ0v) is 11.7. The summed E-state index contributed by atoms with van der Waals surface area (Å²) in [5.41, 5.74) is 2.62. The van der Waals surface area contributed by atoms with Crippen molar-refractivity contribution in [2.75, 3.05) is 0 Å². The number of Topliss-reactive ketones (excluding diaryl/α,β-unsaturated/α-hetero) is 1. The monoisotopic (exact) mass is 295 g/mol. The number of nitro benzene ring substituents is 1. The Hall–Kier alpha value is -2.95. The Morgan fingerprint density at radius 2 is 1.82 bits per heavy atom. The normalized spacial score (nSPS) is 15.6. The molecule has 0 unspecified atom stereocenters. The fourth-order valence-corrected chi connectivity index (χ4v) is 2.57. The second-order valence-electron chi connectivity index (χ2n) is 5.19. The summed E-state index contributed by atoms with van der Waals surface area (Å²) in [4.78, 5) is 22.9. The van der Waals surface area contributed by atoms with Gasteiger partial charge in [0.2, 0.25) is 0 Å². The van der Waals surface area contributed by atoms with Gasteiger partial charge >= 0.3 is 0 Å². The van der Waals surface area contributed by atoms with E-state index >= 15 is 0 Å². The van der Waals surface area contributed by atoms with Gasteiger partial charge < -0.3 is 5.11 Å². The Bertz CT molecular complexity index is 791. The molecule has 2 aromatic carbocycles. The minimum absolute atomic E-state index is 0.0713. The van der Waals surface area contributed by atoms with E-state index in [-0.39, 0.29) is 17.2 Å². The van der Waals surface area contributed by atoms with Crippen LogP contribution < -0.4 is 0 Å². The van der Waals surface area contributed by atoms with E-state index in [4.69, 9.17) is 0 Å². The molecule has 0 atom stereocenters. The predicted octanol–water partition coefficient (Wildman–Crippen LogP) is 3.51. The summed E-state index contributed by atoms with van der Waals surface area (Å²) in [6.45, 7) is 0. The molecule has 0 fully saturated rings. The average molecular weight is 295 g/mol. The van der Waals surface area contributed by atoms with E-state index < -0.39 is 4.92 Å². The number of phenols is 1. The van der Waals surface area contributed by atoms with Gasteiger partial charge in [-0.15, -0.1) is 0 Å². The van der Waals surface area contributed by atoms with Crippen LogP contribution in [0.25, 0.3) is 6.08 Å². The van der Waals surface area contributed by atoms with E-state index in [2.05, 4.69) is 0 Å². The maximum atomic E-state index is 12.5. The van der Waals surface area contributed by atoms with Crippen molar-refractivity contribution >= 4 is 17.5 Å². The lowest BCUT2D eigenvalue weighted by Crippen LogP contribution is -2.14.